The number of amides is 1. The van der Waals surface area contributed by atoms with Crippen LogP contribution >= 0.6 is 0 Å². The van der Waals surface area contributed by atoms with Crippen LogP contribution in [0.15, 0.2) is 36.5 Å². The zero-order chi connectivity index (χ0) is 20.7. The van der Waals surface area contributed by atoms with Crippen molar-refractivity contribution in [2.45, 2.75) is 64.6 Å². The maximum atomic E-state index is 13.0. The van der Waals surface area contributed by atoms with Gasteiger partial charge in [0.15, 0.2) is 6.73 Å². The highest BCUT2D eigenvalue weighted by molar-refractivity contribution is 5.92. The lowest BCUT2D eigenvalue weighted by Crippen LogP contribution is -2.56. The number of halogens is 1. The van der Waals surface area contributed by atoms with E-state index in [-0.39, 0.29) is 29.9 Å². The van der Waals surface area contributed by atoms with E-state index < -0.39 is 0 Å². The van der Waals surface area contributed by atoms with Crippen LogP contribution in [0.1, 0.15) is 62.4 Å². The van der Waals surface area contributed by atoms with Gasteiger partial charge in [-0.2, -0.15) is 5.10 Å². The normalized spacial score (nSPS) is 30.3. The predicted octanol–water partition coefficient (Wildman–Crippen LogP) is 4.78. The Balaban J connectivity index is 1.22. The number of benzene rings is 1. The van der Waals surface area contributed by atoms with Crippen molar-refractivity contribution >= 4 is 5.91 Å². The minimum Gasteiger partial charge on any atom is -0.471 e. The molecule has 6 heteroatoms. The molecule has 1 atom stereocenters. The smallest absolute Gasteiger partial charge is 0.272 e. The van der Waals surface area contributed by atoms with Crippen LogP contribution in [0.4, 0.5) is 4.39 Å². The van der Waals surface area contributed by atoms with Crippen molar-refractivity contribution in [3.8, 4) is 5.75 Å². The summed E-state index contributed by atoms with van der Waals surface area (Å²) in [5.41, 5.74) is 0.703. The minimum atomic E-state index is -0.301. The number of carbonyl (C=O) groups excluding carboxylic acids is 1. The number of aromatic nitrogens is 2. The van der Waals surface area contributed by atoms with Gasteiger partial charge in [0, 0.05) is 12.2 Å². The van der Waals surface area contributed by atoms with Crippen molar-refractivity contribution in [2.24, 2.45) is 23.2 Å². The number of hydrogen-bond donors (Lipinski definition) is 1. The fourth-order valence-electron chi connectivity index (χ4n) is 6.75. The molecular formula is C24H30FN3O2. The van der Waals surface area contributed by atoms with Gasteiger partial charge in [-0.3, -0.25) is 4.79 Å². The summed E-state index contributed by atoms with van der Waals surface area (Å²) in [5.74, 6) is 2.76. The van der Waals surface area contributed by atoms with Crippen LogP contribution in [-0.2, 0) is 6.73 Å². The van der Waals surface area contributed by atoms with Gasteiger partial charge in [0.05, 0.1) is 0 Å². The van der Waals surface area contributed by atoms with Crippen LogP contribution in [0, 0.1) is 29.0 Å². The second kappa shape index (κ2) is 7.71. The van der Waals surface area contributed by atoms with E-state index in [0.29, 0.717) is 11.4 Å². The number of hydrogen-bond acceptors (Lipinski definition) is 3. The van der Waals surface area contributed by atoms with Crippen LogP contribution in [0.25, 0.3) is 0 Å². The molecule has 1 amide bonds. The molecule has 1 unspecified atom stereocenters. The summed E-state index contributed by atoms with van der Waals surface area (Å²) in [6, 6.07) is 7.81. The highest BCUT2D eigenvalue weighted by atomic mass is 19.1. The molecular weight excluding hydrogens is 381 g/mol. The first-order valence-corrected chi connectivity index (χ1v) is 11.3. The van der Waals surface area contributed by atoms with Gasteiger partial charge in [-0.05, 0) is 98.4 Å². The number of carbonyl (C=O) groups is 1. The quantitative estimate of drug-likeness (QED) is 0.713. The zero-order valence-electron chi connectivity index (χ0n) is 17.5. The molecule has 0 radical (unpaired) electrons. The van der Waals surface area contributed by atoms with E-state index in [0.717, 1.165) is 24.2 Å². The van der Waals surface area contributed by atoms with Gasteiger partial charge in [-0.1, -0.05) is 6.92 Å². The molecule has 4 aliphatic carbocycles. The highest BCUT2D eigenvalue weighted by Crippen LogP contribution is 2.61. The fraction of sp³-hybridized carbons (Fsp3) is 0.583. The fourth-order valence-corrected chi connectivity index (χ4v) is 6.75. The van der Waals surface area contributed by atoms with E-state index in [1.807, 2.05) is 0 Å². The molecule has 1 aromatic carbocycles. The first-order valence-electron chi connectivity index (χ1n) is 11.3. The predicted molar refractivity (Wildman–Crippen MR) is 111 cm³/mol. The van der Waals surface area contributed by atoms with Crippen molar-refractivity contribution in [2.75, 3.05) is 0 Å². The molecule has 2 aromatic rings. The SMILES string of the molecule is CCC(NC(=O)c1ccn(COc2ccc(F)cc2)n1)C12CC3CC(CC(C3)C1)C2. The van der Waals surface area contributed by atoms with Crippen LogP contribution in [0.5, 0.6) is 5.75 Å². The molecule has 0 aliphatic heterocycles. The third kappa shape index (κ3) is 3.72. The van der Waals surface area contributed by atoms with E-state index >= 15 is 0 Å². The molecule has 0 saturated heterocycles. The number of nitrogens with one attached hydrogen (secondary N) is 1. The average Bonchev–Trinajstić information content (AvgIpc) is 3.19. The summed E-state index contributed by atoms with van der Waals surface area (Å²) in [6.45, 7) is 2.36. The van der Waals surface area contributed by atoms with Crippen LogP contribution in [-0.4, -0.2) is 21.7 Å². The number of ether oxygens (including phenoxy) is 1. The Morgan fingerprint density at radius 2 is 1.80 bits per heavy atom. The first kappa shape index (κ1) is 19.6. The summed E-state index contributed by atoms with van der Waals surface area (Å²) in [6.07, 6.45) is 10.7. The molecule has 4 saturated carbocycles. The Hall–Kier alpha value is -2.37. The third-order valence-corrected chi connectivity index (χ3v) is 7.59. The summed E-state index contributed by atoms with van der Waals surface area (Å²) in [7, 11) is 0. The topological polar surface area (TPSA) is 56.2 Å². The summed E-state index contributed by atoms with van der Waals surface area (Å²) >= 11 is 0. The van der Waals surface area contributed by atoms with E-state index in [1.54, 1.807) is 29.1 Å². The maximum absolute atomic E-state index is 13.0. The first-order chi connectivity index (χ1) is 14.5. The Morgan fingerprint density at radius 1 is 1.17 bits per heavy atom. The van der Waals surface area contributed by atoms with Crippen LogP contribution < -0.4 is 10.1 Å². The second-order valence-corrected chi connectivity index (χ2v) is 9.68. The van der Waals surface area contributed by atoms with Gasteiger partial charge in [-0.15, -0.1) is 0 Å². The molecule has 6 rings (SSSR count). The summed E-state index contributed by atoms with van der Waals surface area (Å²) < 4.78 is 20.2. The molecule has 4 aliphatic rings. The van der Waals surface area contributed by atoms with Gasteiger partial charge in [0.2, 0.25) is 0 Å². The van der Waals surface area contributed by atoms with Gasteiger partial charge in [-0.25, -0.2) is 9.07 Å². The summed E-state index contributed by atoms with van der Waals surface area (Å²) in [5, 5.41) is 7.72. The highest BCUT2D eigenvalue weighted by Gasteiger charge is 2.54. The second-order valence-electron chi connectivity index (χ2n) is 9.68. The monoisotopic (exact) mass is 411 g/mol. The van der Waals surface area contributed by atoms with E-state index in [1.165, 1.54) is 50.7 Å². The molecule has 160 valence electrons. The van der Waals surface area contributed by atoms with Crippen molar-refractivity contribution in [1.29, 1.82) is 0 Å². The lowest BCUT2D eigenvalue weighted by Gasteiger charge is -2.59. The van der Waals surface area contributed by atoms with Crippen LogP contribution in [0.3, 0.4) is 0 Å². The Labute approximate surface area is 177 Å². The van der Waals surface area contributed by atoms with E-state index in [2.05, 4.69) is 17.3 Å². The van der Waals surface area contributed by atoms with Gasteiger partial charge in [0.1, 0.15) is 17.3 Å². The Bertz CT molecular complexity index is 872. The minimum absolute atomic E-state index is 0.0990. The Kier molecular flexibility index (Phi) is 5.03. The zero-order valence-corrected chi connectivity index (χ0v) is 17.5. The van der Waals surface area contributed by atoms with E-state index in [4.69, 9.17) is 4.74 Å². The molecule has 4 fully saturated rings. The molecule has 5 nitrogen and oxygen atoms in total. The average molecular weight is 412 g/mol. The number of rotatable bonds is 7. The van der Waals surface area contributed by atoms with Crippen molar-refractivity contribution < 1.29 is 13.9 Å². The van der Waals surface area contributed by atoms with Gasteiger partial charge >= 0.3 is 0 Å². The third-order valence-electron chi connectivity index (χ3n) is 7.59. The molecule has 4 bridgehead atoms. The van der Waals surface area contributed by atoms with Crippen molar-refractivity contribution in [1.82, 2.24) is 15.1 Å². The van der Waals surface area contributed by atoms with Gasteiger partial charge in [0.25, 0.3) is 5.91 Å². The van der Waals surface area contributed by atoms with Crippen molar-refractivity contribution in [3.05, 3.63) is 48.0 Å². The standard InChI is InChI=1S/C24H30FN3O2/c1-2-22(24-12-16-9-17(13-24)11-18(10-16)14-24)26-23(29)21-7-8-28(27-21)15-30-20-5-3-19(25)4-6-20/h3-8,16-18,22H,2,9-15H2,1H3,(H,26,29). The Morgan fingerprint density at radius 3 is 2.40 bits per heavy atom. The van der Waals surface area contributed by atoms with Gasteiger partial charge < -0.3 is 10.1 Å². The maximum Gasteiger partial charge on any atom is 0.272 e. The molecule has 0 spiro atoms. The van der Waals surface area contributed by atoms with E-state index in [9.17, 15) is 9.18 Å². The molecule has 30 heavy (non-hydrogen) atoms. The number of nitrogens with zero attached hydrogens (tertiary/aromatic N) is 2. The lowest BCUT2D eigenvalue weighted by atomic mass is 9.47. The summed E-state index contributed by atoms with van der Waals surface area (Å²) in [4.78, 5) is 13.0. The molecule has 1 N–H and O–H groups in total. The lowest BCUT2D eigenvalue weighted by molar-refractivity contribution is -0.0727. The molecule has 1 heterocycles. The molecule has 1 aromatic heterocycles. The largest absolute Gasteiger partial charge is 0.471 e. The van der Waals surface area contributed by atoms with Crippen LogP contribution in [0.2, 0.25) is 0 Å². The van der Waals surface area contributed by atoms with Crippen molar-refractivity contribution in [3.63, 3.8) is 0 Å².